The summed E-state index contributed by atoms with van der Waals surface area (Å²) in [6, 6.07) is 8.15. The van der Waals surface area contributed by atoms with E-state index in [0.29, 0.717) is 49.2 Å². The highest BCUT2D eigenvalue weighted by Gasteiger charge is 2.31. The second kappa shape index (κ2) is 8.83. The average Bonchev–Trinajstić information content (AvgIpc) is 3.29. The van der Waals surface area contributed by atoms with Gasteiger partial charge >= 0.3 is 0 Å². The lowest BCUT2D eigenvalue weighted by atomic mass is 10.2. The van der Waals surface area contributed by atoms with Gasteiger partial charge in [0.15, 0.2) is 11.5 Å². The van der Waals surface area contributed by atoms with Gasteiger partial charge in [0.05, 0.1) is 23.7 Å². The first-order valence-electron chi connectivity index (χ1n) is 10.7. The molecule has 2 aromatic heterocycles. The number of hydrogen-bond acceptors (Lipinski definition) is 7. The Balaban J connectivity index is 1.25. The van der Waals surface area contributed by atoms with Crippen molar-refractivity contribution in [3.05, 3.63) is 60.8 Å². The number of nitrogens with zero attached hydrogens (tertiary/aromatic N) is 5. The number of rotatable bonds is 4. The summed E-state index contributed by atoms with van der Waals surface area (Å²) in [6.07, 6.45) is 7.33. The molecule has 0 N–H and O–H groups in total. The molecule has 0 aliphatic carbocycles. The first kappa shape index (κ1) is 21.4. The lowest BCUT2D eigenvalue weighted by Crippen LogP contribution is -2.50. The van der Waals surface area contributed by atoms with E-state index in [9.17, 15) is 13.2 Å². The number of carbonyl (C=O) groups excluding carboxylic acids is 1. The molecule has 0 unspecified atom stereocenters. The van der Waals surface area contributed by atoms with Crippen LogP contribution in [0.5, 0.6) is 11.5 Å². The molecule has 2 aliphatic rings. The van der Waals surface area contributed by atoms with Gasteiger partial charge in [0.1, 0.15) is 12.1 Å². The van der Waals surface area contributed by atoms with Gasteiger partial charge in [-0.3, -0.25) is 9.36 Å². The molecule has 33 heavy (non-hydrogen) atoms. The van der Waals surface area contributed by atoms with Crippen LogP contribution in [-0.4, -0.2) is 77.5 Å². The van der Waals surface area contributed by atoms with Crippen molar-refractivity contribution in [3.8, 4) is 17.3 Å². The Kier molecular flexibility index (Phi) is 5.73. The van der Waals surface area contributed by atoms with Crippen molar-refractivity contribution >= 4 is 15.9 Å². The number of aromatic nitrogens is 3. The number of piperazine rings is 1. The maximum absolute atomic E-state index is 13.2. The van der Waals surface area contributed by atoms with Crippen molar-refractivity contribution in [2.45, 2.75) is 11.3 Å². The minimum atomic E-state index is -3.71. The zero-order chi connectivity index (χ0) is 22.8. The summed E-state index contributed by atoms with van der Waals surface area (Å²) >= 11 is 0. The summed E-state index contributed by atoms with van der Waals surface area (Å²) in [6.45, 7) is 2.04. The zero-order valence-electron chi connectivity index (χ0n) is 17.8. The monoisotopic (exact) mass is 469 g/mol. The van der Waals surface area contributed by atoms with Crippen LogP contribution in [0.25, 0.3) is 5.82 Å². The molecule has 3 aromatic rings. The van der Waals surface area contributed by atoms with Crippen LogP contribution < -0.4 is 9.47 Å². The molecule has 0 atom stereocenters. The predicted octanol–water partition coefficient (Wildman–Crippen LogP) is 1.58. The summed E-state index contributed by atoms with van der Waals surface area (Å²) in [5.74, 6) is 1.48. The number of fused-ring (bicyclic) bond motifs is 1. The van der Waals surface area contributed by atoms with Gasteiger partial charge in [0, 0.05) is 57.3 Å². The van der Waals surface area contributed by atoms with Gasteiger partial charge in [-0.15, -0.1) is 0 Å². The van der Waals surface area contributed by atoms with Crippen molar-refractivity contribution in [1.82, 2.24) is 23.7 Å². The highest BCUT2D eigenvalue weighted by molar-refractivity contribution is 7.89. The maximum atomic E-state index is 13.2. The van der Waals surface area contributed by atoms with E-state index < -0.39 is 10.0 Å². The first-order valence-corrected chi connectivity index (χ1v) is 12.1. The second-order valence-electron chi connectivity index (χ2n) is 7.73. The standard InChI is InChI=1S/C22H23N5O5S/c28-22(17-2-5-21(24-15-17)26-7-6-23-16-26)25-8-10-27(11-9-25)33(29,30)18-3-4-19-20(14-18)32-13-1-12-31-19/h2-7,14-16H,1,8-13H2. The third-order valence-electron chi connectivity index (χ3n) is 5.65. The third-order valence-corrected chi connectivity index (χ3v) is 7.54. The van der Waals surface area contributed by atoms with Crippen molar-refractivity contribution in [3.63, 3.8) is 0 Å². The largest absolute Gasteiger partial charge is 0.490 e. The molecule has 172 valence electrons. The quantitative estimate of drug-likeness (QED) is 0.571. The number of carbonyl (C=O) groups is 1. The van der Waals surface area contributed by atoms with Crippen LogP contribution in [0.4, 0.5) is 0 Å². The highest BCUT2D eigenvalue weighted by Crippen LogP contribution is 2.33. The molecule has 2 aliphatic heterocycles. The molecule has 10 nitrogen and oxygen atoms in total. The molecule has 0 saturated carbocycles. The molecule has 1 amide bonds. The minimum Gasteiger partial charge on any atom is -0.490 e. The Morgan fingerprint density at radius 2 is 1.76 bits per heavy atom. The summed E-state index contributed by atoms with van der Waals surface area (Å²) in [5, 5.41) is 0. The summed E-state index contributed by atoms with van der Waals surface area (Å²) in [7, 11) is -3.71. The Hall–Kier alpha value is -3.44. The molecule has 0 spiro atoms. The van der Waals surface area contributed by atoms with Gasteiger partial charge in [-0.25, -0.2) is 18.4 Å². The fraction of sp³-hybridized carbons (Fsp3) is 0.318. The van der Waals surface area contributed by atoms with E-state index in [-0.39, 0.29) is 23.9 Å². The SMILES string of the molecule is O=C(c1ccc(-n2ccnc2)nc1)N1CCN(S(=O)(=O)c2ccc3c(c2)OCCCO3)CC1. The van der Waals surface area contributed by atoms with Crippen LogP contribution in [0, 0.1) is 0 Å². The van der Waals surface area contributed by atoms with E-state index in [2.05, 4.69) is 9.97 Å². The maximum Gasteiger partial charge on any atom is 0.255 e. The van der Waals surface area contributed by atoms with Crippen molar-refractivity contribution in [2.24, 2.45) is 0 Å². The number of pyridine rings is 1. The molecule has 11 heteroatoms. The summed E-state index contributed by atoms with van der Waals surface area (Å²) in [5.41, 5.74) is 0.457. The Morgan fingerprint density at radius 3 is 2.45 bits per heavy atom. The van der Waals surface area contributed by atoms with Crippen LogP contribution in [0.1, 0.15) is 16.8 Å². The van der Waals surface area contributed by atoms with Gasteiger partial charge in [-0.2, -0.15) is 4.31 Å². The van der Waals surface area contributed by atoms with E-state index in [0.717, 1.165) is 6.42 Å². The van der Waals surface area contributed by atoms with Gasteiger partial charge in [-0.1, -0.05) is 0 Å². The lowest BCUT2D eigenvalue weighted by molar-refractivity contribution is 0.0697. The van der Waals surface area contributed by atoms with Crippen molar-refractivity contribution < 1.29 is 22.7 Å². The van der Waals surface area contributed by atoms with Crippen molar-refractivity contribution in [2.75, 3.05) is 39.4 Å². The number of imidazole rings is 1. The topological polar surface area (TPSA) is 107 Å². The lowest BCUT2D eigenvalue weighted by Gasteiger charge is -2.34. The third kappa shape index (κ3) is 4.29. The Bertz CT molecular complexity index is 1240. The summed E-state index contributed by atoms with van der Waals surface area (Å²) < 4.78 is 40.7. The number of sulfonamides is 1. The van der Waals surface area contributed by atoms with Crippen LogP contribution in [-0.2, 0) is 10.0 Å². The van der Waals surface area contributed by atoms with Gasteiger partial charge in [0.25, 0.3) is 5.91 Å². The number of amides is 1. The van der Waals surface area contributed by atoms with Crippen LogP contribution >= 0.6 is 0 Å². The molecule has 1 saturated heterocycles. The van der Waals surface area contributed by atoms with E-state index in [1.165, 1.54) is 22.6 Å². The first-order chi connectivity index (χ1) is 16.0. The Labute approximate surface area is 191 Å². The van der Waals surface area contributed by atoms with E-state index in [4.69, 9.17) is 9.47 Å². The van der Waals surface area contributed by atoms with Crippen molar-refractivity contribution in [1.29, 1.82) is 0 Å². The summed E-state index contributed by atoms with van der Waals surface area (Å²) in [4.78, 5) is 23.0. The second-order valence-corrected chi connectivity index (χ2v) is 9.67. The molecular formula is C22H23N5O5S. The smallest absolute Gasteiger partial charge is 0.255 e. The number of benzene rings is 1. The highest BCUT2D eigenvalue weighted by atomic mass is 32.2. The van der Waals surface area contributed by atoms with E-state index >= 15 is 0 Å². The predicted molar refractivity (Wildman–Crippen MR) is 118 cm³/mol. The van der Waals surface area contributed by atoms with Gasteiger partial charge < -0.3 is 14.4 Å². The van der Waals surface area contributed by atoms with E-state index in [1.54, 1.807) is 46.4 Å². The Morgan fingerprint density at radius 1 is 0.970 bits per heavy atom. The molecule has 4 heterocycles. The molecule has 1 fully saturated rings. The van der Waals surface area contributed by atoms with Gasteiger partial charge in [0.2, 0.25) is 10.0 Å². The van der Waals surface area contributed by atoms with E-state index in [1.807, 2.05) is 0 Å². The average molecular weight is 470 g/mol. The molecule has 1 aromatic carbocycles. The van der Waals surface area contributed by atoms with Crippen LogP contribution in [0.15, 0.2) is 60.1 Å². The minimum absolute atomic E-state index is 0.158. The molecular weight excluding hydrogens is 446 g/mol. The van der Waals surface area contributed by atoms with Gasteiger partial charge in [-0.05, 0) is 24.3 Å². The normalized spacial score (nSPS) is 16.9. The molecule has 0 bridgehead atoms. The zero-order valence-corrected chi connectivity index (χ0v) is 18.6. The molecule has 5 rings (SSSR count). The van der Waals surface area contributed by atoms with Crippen LogP contribution in [0.3, 0.4) is 0 Å². The fourth-order valence-corrected chi connectivity index (χ4v) is 5.27. The van der Waals surface area contributed by atoms with Crippen LogP contribution in [0.2, 0.25) is 0 Å². The number of hydrogen-bond donors (Lipinski definition) is 0. The molecule has 0 radical (unpaired) electrons. The number of ether oxygens (including phenoxy) is 2. The fourth-order valence-electron chi connectivity index (χ4n) is 3.83.